The zero-order valence-electron chi connectivity index (χ0n) is 22.1. The van der Waals surface area contributed by atoms with Crippen LogP contribution in [0.25, 0.3) is 0 Å². The van der Waals surface area contributed by atoms with Crippen molar-refractivity contribution in [3.63, 3.8) is 0 Å². The van der Waals surface area contributed by atoms with Crippen LogP contribution >= 0.6 is 0 Å². The van der Waals surface area contributed by atoms with E-state index in [9.17, 15) is 74.6 Å². The summed E-state index contributed by atoms with van der Waals surface area (Å²) in [6.07, 6.45) is -6.58. The molecule has 0 aliphatic heterocycles. The average molecular weight is 680 g/mol. The number of carboxylic acid groups (broad SMARTS) is 2. The molecule has 21 heteroatoms. The quantitative estimate of drug-likeness (QED) is 0.105. The van der Waals surface area contributed by atoms with E-state index in [1.807, 2.05) is 6.92 Å². The van der Waals surface area contributed by atoms with Crippen LogP contribution in [0, 0.1) is 0 Å². The number of ether oxygens (including phenoxy) is 1. The molecule has 4 nitrogen and oxygen atoms in total. The fraction of sp³-hybridized carbons (Fsp3) is 0.955. The Hall–Kier alpha value is -1.96. The number of halogens is 17. The zero-order valence-corrected chi connectivity index (χ0v) is 22.1. The van der Waals surface area contributed by atoms with E-state index in [-0.39, 0.29) is 6.61 Å². The molecule has 0 bridgehead atoms. The van der Waals surface area contributed by atoms with E-state index in [1.54, 1.807) is 0 Å². The van der Waals surface area contributed by atoms with Gasteiger partial charge in [-0.2, -0.15) is 74.6 Å². The number of unbranched alkanes of at least 4 members (excludes halogenated alkanes) is 7. The topological polar surface area (TPSA) is 66.8 Å². The molecule has 260 valence electrons. The molecular formula is C22H29F17O4. The molecule has 0 unspecified atom stereocenters. The molecule has 0 spiro atoms. The summed E-state index contributed by atoms with van der Waals surface area (Å²) >= 11 is 0. The van der Waals surface area contributed by atoms with Gasteiger partial charge in [0.1, 0.15) is 0 Å². The predicted molar refractivity (Wildman–Crippen MR) is 114 cm³/mol. The molecule has 0 radical (unpaired) electrons. The summed E-state index contributed by atoms with van der Waals surface area (Å²) in [7, 11) is 0. The Morgan fingerprint density at radius 3 is 1.16 bits per heavy atom. The third-order valence-corrected chi connectivity index (χ3v) is 5.71. The molecule has 0 aromatic heterocycles. The van der Waals surface area contributed by atoms with Gasteiger partial charge < -0.3 is 14.9 Å². The Balaban J connectivity index is 0. The highest BCUT2D eigenvalue weighted by Gasteiger charge is 2.95. The Morgan fingerprint density at radius 2 is 0.791 bits per heavy atom. The van der Waals surface area contributed by atoms with E-state index < -0.39 is 73.2 Å². The first-order valence-corrected chi connectivity index (χ1v) is 12.3. The van der Waals surface area contributed by atoms with Crippen molar-refractivity contribution in [3.05, 3.63) is 0 Å². The average Bonchev–Trinajstić information content (AvgIpc) is 2.82. The Morgan fingerprint density at radius 1 is 0.488 bits per heavy atom. The molecule has 0 rings (SSSR count). The van der Waals surface area contributed by atoms with Crippen LogP contribution in [0.2, 0.25) is 0 Å². The summed E-state index contributed by atoms with van der Waals surface area (Å²) in [5, 5.41) is 13.9. The highest BCUT2D eigenvalue weighted by molar-refractivity contribution is 5.53. The number of rotatable bonds is 19. The van der Waals surface area contributed by atoms with E-state index in [2.05, 4.69) is 0 Å². The summed E-state index contributed by atoms with van der Waals surface area (Å²) in [5.41, 5.74) is 0. The van der Waals surface area contributed by atoms with Gasteiger partial charge in [0, 0.05) is 19.6 Å². The molecule has 0 atom stereocenters. The van der Waals surface area contributed by atoms with Gasteiger partial charge >= 0.3 is 53.8 Å². The van der Waals surface area contributed by atoms with Crippen molar-refractivity contribution in [2.45, 2.75) is 119 Å². The second-order valence-electron chi connectivity index (χ2n) is 9.12. The van der Waals surface area contributed by atoms with Crippen LogP contribution in [0.1, 0.15) is 71.1 Å². The minimum atomic E-state index is -8.60. The molecule has 0 amide bonds. The number of carbonyl (C=O) groups is 1. The molecule has 0 aromatic rings. The summed E-state index contributed by atoms with van der Waals surface area (Å²) in [6.45, 7) is 1.07. The SMILES string of the molecule is CCCCCCCCCCOCCCC(F)(F)C(F)(F)C(F)(F)C(F)(F)C(F)(F)C(F)(F)C(F)(F)C(F)(F)F.O=C(O)O. The normalized spacial score (nSPS) is 14.4. The fourth-order valence-electron chi connectivity index (χ4n) is 3.19. The predicted octanol–water partition coefficient (Wildman–Crippen LogP) is 10.2. The molecule has 0 aromatic carbocycles. The minimum Gasteiger partial charge on any atom is -0.450 e. The van der Waals surface area contributed by atoms with Crippen LogP contribution < -0.4 is 0 Å². The van der Waals surface area contributed by atoms with E-state index >= 15 is 0 Å². The Bertz CT molecular complexity index is 825. The molecule has 0 aliphatic rings. The molecule has 0 fully saturated rings. The van der Waals surface area contributed by atoms with Crippen LogP contribution in [0.15, 0.2) is 0 Å². The van der Waals surface area contributed by atoms with Gasteiger partial charge in [0.25, 0.3) is 0 Å². The second-order valence-corrected chi connectivity index (χ2v) is 9.12. The third-order valence-electron chi connectivity index (χ3n) is 5.71. The van der Waals surface area contributed by atoms with Crippen LogP contribution in [0.5, 0.6) is 0 Å². The lowest BCUT2D eigenvalue weighted by Crippen LogP contribution is -2.74. The number of hydrogen-bond donors (Lipinski definition) is 2. The third kappa shape index (κ3) is 10.0. The highest BCUT2D eigenvalue weighted by atomic mass is 19.4. The smallest absolute Gasteiger partial charge is 0.450 e. The lowest BCUT2D eigenvalue weighted by molar-refractivity contribution is -0.461. The van der Waals surface area contributed by atoms with Gasteiger partial charge in [0.05, 0.1) is 0 Å². The maximum atomic E-state index is 13.8. The van der Waals surface area contributed by atoms with Gasteiger partial charge in [-0.05, 0) is 12.8 Å². The van der Waals surface area contributed by atoms with E-state index in [0.717, 1.165) is 38.5 Å². The van der Waals surface area contributed by atoms with Gasteiger partial charge in [-0.15, -0.1) is 0 Å². The molecule has 2 N–H and O–H groups in total. The van der Waals surface area contributed by atoms with Gasteiger partial charge in [-0.1, -0.05) is 51.9 Å². The molecule has 0 heterocycles. The monoisotopic (exact) mass is 680 g/mol. The van der Waals surface area contributed by atoms with Crippen molar-refractivity contribution in [2.24, 2.45) is 0 Å². The first kappa shape index (κ1) is 43.2. The van der Waals surface area contributed by atoms with Crippen molar-refractivity contribution in [2.75, 3.05) is 13.2 Å². The van der Waals surface area contributed by atoms with Gasteiger partial charge in [-0.3, -0.25) is 0 Å². The minimum absolute atomic E-state index is 0.111. The molecule has 0 saturated heterocycles. The standard InChI is InChI=1S/C21H27F17O.CH2O3/c1-2-3-4-5-6-7-8-9-12-39-13-10-11-14(22,23)15(24,25)16(26,27)17(28,29)18(30,31)19(32,33)20(34,35)21(36,37)38;2-1(3)4/h2-13H2,1H3;(H2,2,3,4). The Labute approximate surface area is 233 Å². The van der Waals surface area contributed by atoms with E-state index in [1.165, 1.54) is 0 Å². The first-order chi connectivity index (χ1) is 19.0. The van der Waals surface area contributed by atoms with Crippen LogP contribution in [0.4, 0.5) is 79.4 Å². The van der Waals surface area contributed by atoms with Crippen molar-refractivity contribution < 1.29 is 94.4 Å². The van der Waals surface area contributed by atoms with Gasteiger partial charge in [0.2, 0.25) is 0 Å². The Kier molecular flexibility index (Phi) is 15.9. The summed E-state index contributed by atoms with van der Waals surface area (Å²) < 4.78 is 229. The van der Waals surface area contributed by atoms with Crippen molar-refractivity contribution >= 4 is 6.16 Å². The zero-order chi connectivity index (χ0) is 34.8. The maximum Gasteiger partial charge on any atom is 0.503 e. The van der Waals surface area contributed by atoms with E-state index in [4.69, 9.17) is 19.7 Å². The number of hydrogen-bond acceptors (Lipinski definition) is 2. The summed E-state index contributed by atoms with van der Waals surface area (Å²) in [6, 6.07) is 0. The molecule has 0 aliphatic carbocycles. The number of alkyl halides is 17. The van der Waals surface area contributed by atoms with Crippen LogP contribution in [0.3, 0.4) is 0 Å². The largest absolute Gasteiger partial charge is 0.503 e. The highest BCUT2D eigenvalue weighted by Crippen LogP contribution is 2.64. The summed E-state index contributed by atoms with van der Waals surface area (Å²) in [5.74, 6) is -56.0. The van der Waals surface area contributed by atoms with Crippen molar-refractivity contribution in [1.29, 1.82) is 0 Å². The second kappa shape index (κ2) is 15.9. The van der Waals surface area contributed by atoms with E-state index in [0.29, 0.717) is 12.8 Å². The fourth-order valence-corrected chi connectivity index (χ4v) is 3.19. The molecule has 0 saturated carbocycles. The molecule has 43 heavy (non-hydrogen) atoms. The first-order valence-electron chi connectivity index (χ1n) is 12.3. The van der Waals surface area contributed by atoms with Crippen LogP contribution in [-0.4, -0.2) is 77.2 Å². The lowest BCUT2D eigenvalue weighted by Gasteiger charge is -2.42. The molecular weight excluding hydrogens is 651 g/mol. The van der Waals surface area contributed by atoms with Crippen molar-refractivity contribution in [3.8, 4) is 0 Å². The maximum absolute atomic E-state index is 13.8. The van der Waals surface area contributed by atoms with Crippen LogP contribution in [-0.2, 0) is 4.74 Å². The van der Waals surface area contributed by atoms with Gasteiger partial charge in [-0.25, -0.2) is 4.79 Å². The lowest BCUT2D eigenvalue weighted by atomic mass is 9.88. The van der Waals surface area contributed by atoms with Gasteiger partial charge in [0.15, 0.2) is 0 Å². The summed E-state index contributed by atoms with van der Waals surface area (Å²) in [4.78, 5) is 8.56. The van der Waals surface area contributed by atoms with Crippen molar-refractivity contribution in [1.82, 2.24) is 0 Å².